The molecule has 0 aliphatic carbocycles. The second kappa shape index (κ2) is 8.02. The summed E-state index contributed by atoms with van der Waals surface area (Å²) in [6, 6.07) is 5.11. The highest BCUT2D eigenvalue weighted by Gasteiger charge is 2.35. The summed E-state index contributed by atoms with van der Waals surface area (Å²) in [6.45, 7) is 6.73. The van der Waals surface area contributed by atoms with Crippen molar-refractivity contribution < 1.29 is 17.9 Å². The molecule has 0 saturated carbocycles. The monoisotopic (exact) mass is 404 g/mol. The van der Waals surface area contributed by atoms with E-state index in [1.807, 2.05) is 13.8 Å². The van der Waals surface area contributed by atoms with E-state index in [9.17, 15) is 8.42 Å². The van der Waals surface area contributed by atoms with Crippen molar-refractivity contribution >= 4 is 22.4 Å². The molecule has 2 heterocycles. The molecule has 0 spiro atoms. The van der Waals surface area contributed by atoms with E-state index in [-0.39, 0.29) is 23.4 Å². The van der Waals surface area contributed by atoms with Crippen LogP contribution in [0.15, 0.2) is 23.1 Å². The first-order valence-corrected chi connectivity index (χ1v) is 10.2. The van der Waals surface area contributed by atoms with Crippen molar-refractivity contribution in [2.45, 2.75) is 43.6 Å². The van der Waals surface area contributed by atoms with Crippen molar-refractivity contribution in [2.24, 2.45) is 5.41 Å². The third kappa shape index (κ3) is 4.70. The molecule has 2 N–H and O–H groups in total. The fourth-order valence-corrected chi connectivity index (χ4v) is 4.93. The summed E-state index contributed by atoms with van der Waals surface area (Å²) in [6.07, 6.45) is 2.51. The van der Waals surface area contributed by atoms with Crippen molar-refractivity contribution in [3.8, 4) is 5.75 Å². The molecule has 2 aliphatic heterocycles. The minimum Gasteiger partial charge on any atom is -0.487 e. The maximum Gasteiger partial charge on any atom is 0.240 e. The zero-order valence-electron chi connectivity index (χ0n) is 15.6. The minimum atomic E-state index is -3.56. The van der Waals surface area contributed by atoms with Gasteiger partial charge in [0.1, 0.15) is 11.4 Å². The molecule has 0 atom stereocenters. The van der Waals surface area contributed by atoms with Crippen LogP contribution in [-0.2, 0) is 21.2 Å². The Balaban J connectivity index is 0.00000243. The van der Waals surface area contributed by atoms with Gasteiger partial charge in [0.15, 0.2) is 0 Å². The summed E-state index contributed by atoms with van der Waals surface area (Å²) >= 11 is 0. The maximum atomic E-state index is 12.8. The van der Waals surface area contributed by atoms with Crippen molar-refractivity contribution in [3.05, 3.63) is 23.8 Å². The van der Waals surface area contributed by atoms with Crippen molar-refractivity contribution in [3.63, 3.8) is 0 Å². The van der Waals surface area contributed by atoms with E-state index in [2.05, 4.69) is 10.0 Å². The number of fused-ring (bicyclic) bond motifs is 1. The fourth-order valence-electron chi connectivity index (χ4n) is 3.72. The van der Waals surface area contributed by atoms with E-state index < -0.39 is 10.0 Å². The van der Waals surface area contributed by atoms with Crippen LogP contribution in [0.5, 0.6) is 5.75 Å². The SMILES string of the molecule is COCC1(CNS(=O)(=O)c2ccc3c(c2)CC(C)(C)O3)CCNCC1.Cl. The molecule has 0 radical (unpaired) electrons. The van der Waals surface area contributed by atoms with E-state index in [0.717, 1.165) is 37.2 Å². The van der Waals surface area contributed by atoms with Crippen LogP contribution in [0.2, 0.25) is 0 Å². The van der Waals surface area contributed by atoms with Crippen LogP contribution >= 0.6 is 12.4 Å². The molecule has 6 nitrogen and oxygen atoms in total. The predicted octanol–water partition coefficient (Wildman–Crippen LogP) is 2.12. The third-order valence-corrected chi connectivity index (χ3v) is 6.50. The first-order valence-electron chi connectivity index (χ1n) is 8.77. The van der Waals surface area contributed by atoms with Crippen LogP contribution in [0, 0.1) is 5.41 Å². The number of methoxy groups -OCH3 is 1. The van der Waals surface area contributed by atoms with Gasteiger partial charge in [-0.2, -0.15) is 0 Å². The lowest BCUT2D eigenvalue weighted by atomic mass is 9.80. The van der Waals surface area contributed by atoms with Gasteiger partial charge in [-0.25, -0.2) is 13.1 Å². The molecule has 26 heavy (non-hydrogen) atoms. The maximum absolute atomic E-state index is 12.8. The molecule has 0 unspecified atom stereocenters. The van der Waals surface area contributed by atoms with Crippen LogP contribution in [0.3, 0.4) is 0 Å². The highest BCUT2D eigenvalue weighted by molar-refractivity contribution is 7.89. The van der Waals surface area contributed by atoms with Gasteiger partial charge in [-0.3, -0.25) is 0 Å². The number of sulfonamides is 1. The van der Waals surface area contributed by atoms with Crippen LogP contribution in [-0.4, -0.2) is 47.4 Å². The Morgan fingerprint density at radius 3 is 2.62 bits per heavy atom. The molecule has 0 aromatic heterocycles. The molecular weight excluding hydrogens is 376 g/mol. The molecule has 0 bridgehead atoms. The Morgan fingerprint density at radius 1 is 1.27 bits per heavy atom. The molecule has 1 saturated heterocycles. The number of piperidine rings is 1. The number of ether oxygens (including phenoxy) is 2. The minimum absolute atomic E-state index is 0. The molecule has 8 heteroatoms. The molecule has 148 valence electrons. The number of halogens is 1. The second-order valence-electron chi connectivity index (χ2n) is 7.82. The van der Waals surface area contributed by atoms with Gasteiger partial charge in [-0.15, -0.1) is 12.4 Å². The van der Waals surface area contributed by atoms with E-state index in [1.165, 1.54) is 0 Å². The zero-order valence-corrected chi connectivity index (χ0v) is 17.3. The Kier molecular flexibility index (Phi) is 6.62. The average Bonchev–Trinajstić information content (AvgIpc) is 2.87. The van der Waals surface area contributed by atoms with Crippen LogP contribution in [0.4, 0.5) is 0 Å². The number of hydrogen-bond acceptors (Lipinski definition) is 5. The van der Waals surface area contributed by atoms with Gasteiger partial charge in [-0.1, -0.05) is 0 Å². The van der Waals surface area contributed by atoms with Crippen LogP contribution in [0.1, 0.15) is 32.3 Å². The van der Waals surface area contributed by atoms with Crippen LogP contribution in [0.25, 0.3) is 0 Å². The highest BCUT2D eigenvalue weighted by Crippen LogP contribution is 2.36. The Morgan fingerprint density at radius 2 is 1.96 bits per heavy atom. The standard InChI is InChI=1S/C18H28N2O4S.ClH/c1-17(2)11-14-10-15(4-5-16(14)24-17)25(21,22)20-12-18(13-23-3)6-8-19-9-7-18;/h4-5,10,19-20H,6-9,11-13H2,1-3H3;1H. The van der Waals surface area contributed by atoms with Crippen molar-refractivity contribution in [2.75, 3.05) is 33.4 Å². The summed E-state index contributed by atoms with van der Waals surface area (Å²) in [5.74, 6) is 0.776. The first kappa shape index (κ1) is 21.4. The highest BCUT2D eigenvalue weighted by atomic mass is 35.5. The number of hydrogen-bond donors (Lipinski definition) is 2. The summed E-state index contributed by atoms with van der Waals surface area (Å²) < 4.78 is 39.5. The second-order valence-corrected chi connectivity index (χ2v) is 9.58. The zero-order chi connectivity index (χ0) is 18.1. The molecule has 1 aromatic carbocycles. The van der Waals surface area contributed by atoms with Gasteiger partial charge < -0.3 is 14.8 Å². The molecular formula is C18H29ClN2O4S. The predicted molar refractivity (Wildman–Crippen MR) is 104 cm³/mol. The topological polar surface area (TPSA) is 76.7 Å². The number of nitrogens with one attached hydrogen (secondary N) is 2. The number of rotatable bonds is 6. The Hall–Kier alpha value is -0.860. The summed E-state index contributed by atoms with van der Waals surface area (Å²) in [4.78, 5) is 0.300. The van der Waals surface area contributed by atoms with E-state index in [1.54, 1.807) is 25.3 Å². The summed E-state index contributed by atoms with van der Waals surface area (Å²) in [5, 5.41) is 3.32. The fraction of sp³-hybridized carbons (Fsp3) is 0.667. The number of benzene rings is 1. The Labute approximate surface area is 162 Å². The van der Waals surface area contributed by atoms with E-state index in [4.69, 9.17) is 9.47 Å². The van der Waals surface area contributed by atoms with Gasteiger partial charge in [0, 0.05) is 25.5 Å². The van der Waals surface area contributed by atoms with Gasteiger partial charge in [0.25, 0.3) is 0 Å². The lowest BCUT2D eigenvalue weighted by molar-refractivity contribution is 0.0577. The normalized spacial score (nSPS) is 20.7. The lowest BCUT2D eigenvalue weighted by Crippen LogP contribution is -2.47. The Bertz CT molecular complexity index is 725. The molecule has 0 amide bonds. The van der Waals surface area contributed by atoms with E-state index >= 15 is 0 Å². The molecule has 1 aromatic rings. The van der Waals surface area contributed by atoms with Gasteiger partial charge >= 0.3 is 0 Å². The van der Waals surface area contributed by atoms with E-state index in [0.29, 0.717) is 24.5 Å². The molecule has 1 fully saturated rings. The van der Waals surface area contributed by atoms with Gasteiger partial charge in [0.2, 0.25) is 10.0 Å². The quantitative estimate of drug-likeness (QED) is 0.759. The van der Waals surface area contributed by atoms with Gasteiger partial charge in [-0.05, 0) is 63.5 Å². The third-order valence-electron chi connectivity index (χ3n) is 5.10. The first-order chi connectivity index (χ1) is 11.8. The average molecular weight is 405 g/mol. The smallest absolute Gasteiger partial charge is 0.240 e. The molecule has 2 aliphatic rings. The van der Waals surface area contributed by atoms with Crippen molar-refractivity contribution in [1.29, 1.82) is 0 Å². The summed E-state index contributed by atoms with van der Waals surface area (Å²) in [7, 11) is -1.89. The largest absolute Gasteiger partial charge is 0.487 e. The lowest BCUT2D eigenvalue weighted by Gasteiger charge is -2.37. The van der Waals surface area contributed by atoms with Gasteiger partial charge in [0.05, 0.1) is 11.5 Å². The van der Waals surface area contributed by atoms with Crippen LogP contribution < -0.4 is 14.8 Å². The summed E-state index contributed by atoms with van der Waals surface area (Å²) in [5.41, 5.74) is 0.520. The molecule has 3 rings (SSSR count). The van der Waals surface area contributed by atoms with Crippen molar-refractivity contribution in [1.82, 2.24) is 10.0 Å².